The highest BCUT2D eigenvalue weighted by Gasteiger charge is 2.66. The highest BCUT2D eigenvalue weighted by atomic mass is 32.2. The fraction of sp³-hybridized carbons (Fsp3) is 0.417. The third kappa shape index (κ3) is 4.94. The third-order valence-corrected chi connectivity index (χ3v) is 7.36. The number of carbonyl (C=O) groups excluding carboxylic acids is 1. The van der Waals surface area contributed by atoms with Gasteiger partial charge in [-0.1, -0.05) is 11.8 Å². The number of halogens is 2. The number of rotatable bonds is 8. The molecule has 1 saturated carbocycles. The minimum absolute atomic E-state index is 0.0131. The van der Waals surface area contributed by atoms with Crippen LogP contribution in [0.15, 0.2) is 29.5 Å². The summed E-state index contributed by atoms with van der Waals surface area (Å²) >= 11 is 1.40. The van der Waals surface area contributed by atoms with Crippen molar-refractivity contribution in [2.45, 2.75) is 37.0 Å². The number of nitrogens with two attached hydrogens (primary N) is 1. The molecule has 0 saturated heterocycles. The number of aliphatic imine (C=N–C) groups is 1. The summed E-state index contributed by atoms with van der Waals surface area (Å²) in [4.78, 5) is 25.3. The molecule has 8 nitrogen and oxygen atoms in total. The van der Waals surface area contributed by atoms with Crippen LogP contribution in [-0.4, -0.2) is 46.1 Å². The minimum atomic E-state index is -1.11. The van der Waals surface area contributed by atoms with E-state index in [-0.39, 0.29) is 38.7 Å². The van der Waals surface area contributed by atoms with E-state index in [2.05, 4.69) is 32.1 Å². The van der Waals surface area contributed by atoms with E-state index in [1.165, 1.54) is 30.2 Å². The summed E-state index contributed by atoms with van der Waals surface area (Å²) in [7, 11) is 1.59. The quantitative estimate of drug-likeness (QED) is 0.421. The Morgan fingerprint density at radius 2 is 2.14 bits per heavy atom. The Kier molecular flexibility index (Phi) is 6.96. The Morgan fingerprint density at radius 1 is 1.34 bits per heavy atom. The molecule has 11 heteroatoms. The number of ether oxygens (including phenoxy) is 2. The van der Waals surface area contributed by atoms with Gasteiger partial charge in [-0.3, -0.25) is 9.79 Å². The van der Waals surface area contributed by atoms with E-state index in [9.17, 15) is 9.18 Å². The Hall–Kier alpha value is -3.23. The van der Waals surface area contributed by atoms with Crippen molar-refractivity contribution in [3.63, 3.8) is 0 Å². The number of benzene rings is 1. The van der Waals surface area contributed by atoms with Crippen LogP contribution in [0.2, 0.25) is 0 Å². The number of carbonyl (C=O) groups is 1. The van der Waals surface area contributed by atoms with Crippen LogP contribution in [0.5, 0.6) is 5.88 Å². The summed E-state index contributed by atoms with van der Waals surface area (Å²) in [5.41, 5.74) is 5.02. The molecule has 1 aliphatic heterocycles. The van der Waals surface area contributed by atoms with Crippen LogP contribution in [0.3, 0.4) is 0 Å². The molecule has 1 amide bonds. The smallest absolute Gasteiger partial charge is 0.275 e. The van der Waals surface area contributed by atoms with Crippen LogP contribution < -0.4 is 15.8 Å². The van der Waals surface area contributed by atoms with E-state index in [0.717, 1.165) is 6.07 Å². The molecule has 2 heterocycles. The van der Waals surface area contributed by atoms with Gasteiger partial charge >= 0.3 is 0 Å². The first-order valence-electron chi connectivity index (χ1n) is 10.9. The largest absolute Gasteiger partial charge is 0.476 e. The highest BCUT2D eigenvalue weighted by molar-refractivity contribution is 8.15. The van der Waals surface area contributed by atoms with Crippen molar-refractivity contribution in [1.82, 2.24) is 9.97 Å². The van der Waals surface area contributed by atoms with Crippen molar-refractivity contribution in [2.75, 3.05) is 25.6 Å². The molecule has 1 aromatic carbocycles. The molecule has 3 atom stereocenters. The van der Waals surface area contributed by atoms with Gasteiger partial charge in [0.15, 0.2) is 16.8 Å². The third-order valence-electron chi connectivity index (χ3n) is 6.09. The van der Waals surface area contributed by atoms with Crippen molar-refractivity contribution >= 4 is 28.5 Å². The van der Waals surface area contributed by atoms with Gasteiger partial charge in [-0.05, 0) is 26.3 Å². The summed E-state index contributed by atoms with van der Waals surface area (Å²) in [5, 5.41) is 2.84. The van der Waals surface area contributed by atoms with Crippen molar-refractivity contribution in [2.24, 2.45) is 16.6 Å². The normalized spacial score (nSPS) is 24.5. The van der Waals surface area contributed by atoms with Gasteiger partial charge in [0.25, 0.3) is 5.91 Å². The molecule has 1 fully saturated rings. The molecule has 2 aromatic rings. The first-order chi connectivity index (χ1) is 16.7. The van der Waals surface area contributed by atoms with E-state index in [4.69, 9.17) is 15.2 Å². The number of aromatic nitrogens is 2. The molecule has 2 aliphatic rings. The lowest BCUT2D eigenvalue weighted by Crippen LogP contribution is -2.38. The van der Waals surface area contributed by atoms with Crippen LogP contribution in [0.4, 0.5) is 14.5 Å². The van der Waals surface area contributed by atoms with Gasteiger partial charge in [0, 0.05) is 36.8 Å². The molecule has 4 rings (SSSR count). The zero-order valence-corrected chi connectivity index (χ0v) is 20.3. The number of nitrogens with one attached hydrogen (secondary N) is 1. The van der Waals surface area contributed by atoms with E-state index in [0.29, 0.717) is 26.1 Å². The van der Waals surface area contributed by atoms with Crippen LogP contribution in [0, 0.1) is 29.4 Å². The van der Waals surface area contributed by atoms with Gasteiger partial charge in [0.05, 0.1) is 29.3 Å². The average molecular weight is 502 g/mol. The SMILES string of the molecule is CC#CCCOc1cnc(C(=O)Nc2cc(F)c(F)c([C@@]3(C)N=C(N)S[C@@]4(COC)C[C@H]43)c2)cn1. The Morgan fingerprint density at radius 3 is 2.83 bits per heavy atom. The number of anilines is 1. The predicted octanol–water partition coefficient (Wildman–Crippen LogP) is 3.48. The molecule has 35 heavy (non-hydrogen) atoms. The molecular weight excluding hydrogens is 476 g/mol. The summed E-state index contributed by atoms with van der Waals surface area (Å²) < 4.78 is 40.1. The number of thioether (sulfide) groups is 1. The Bertz CT molecular complexity index is 1230. The van der Waals surface area contributed by atoms with Crippen molar-refractivity contribution in [3.05, 3.63) is 47.4 Å². The lowest BCUT2D eigenvalue weighted by Gasteiger charge is -2.34. The lowest BCUT2D eigenvalue weighted by molar-refractivity contribution is 0.102. The molecule has 0 unspecified atom stereocenters. The average Bonchev–Trinajstić information content (AvgIpc) is 3.54. The minimum Gasteiger partial charge on any atom is -0.476 e. The molecule has 1 aliphatic carbocycles. The Balaban J connectivity index is 1.54. The van der Waals surface area contributed by atoms with Crippen molar-refractivity contribution in [1.29, 1.82) is 0 Å². The van der Waals surface area contributed by atoms with E-state index in [1.54, 1.807) is 21.0 Å². The molecule has 1 aromatic heterocycles. The first kappa shape index (κ1) is 24.9. The maximum Gasteiger partial charge on any atom is 0.275 e. The topological polar surface area (TPSA) is 112 Å². The number of amidine groups is 1. The van der Waals surface area contributed by atoms with Gasteiger partial charge in [0.2, 0.25) is 5.88 Å². The molecule has 184 valence electrons. The first-order valence-corrected chi connectivity index (χ1v) is 11.7. The number of fused-ring (bicyclic) bond motifs is 1. The van der Waals surface area contributed by atoms with Gasteiger partial charge in [-0.15, -0.1) is 11.8 Å². The number of methoxy groups -OCH3 is 1. The van der Waals surface area contributed by atoms with Gasteiger partial charge in [-0.25, -0.2) is 18.7 Å². The lowest BCUT2D eigenvalue weighted by atomic mass is 9.85. The standard InChI is InChI=1S/C24H25F2N5O3S/c1-4-5-6-7-34-19-12-28-17(11-29-19)21(32)30-14-8-15(20(26)16(25)9-14)23(2)18-10-24(18,13-33-3)35-22(27)31-23/h8-9,11-12,18H,6-7,10,13H2,1-3H3,(H2,27,31)(H,30,32)/t18-,23+,24+/m0/s1. The van der Waals surface area contributed by atoms with Crippen molar-refractivity contribution in [3.8, 4) is 17.7 Å². The van der Waals surface area contributed by atoms with Crippen LogP contribution >= 0.6 is 11.8 Å². The zero-order chi connectivity index (χ0) is 25.2. The number of amides is 1. The van der Waals surface area contributed by atoms with Gasteiger partial charge in [-0.2, -0.15) is 0 Å². The molecular formula is C24H25F2N5O3S. The van der Waals surface area contributed by atoms with E-state index >= 15 is 4.39 Å². The second kappa shape index (κ2) is 9.79. The molecule has 0 bridgehead atoms. The van der Waals surface area contributed by atoms with Crippen LogP contribution in [0.1, 0.15) is 42.7 Å². The van der Waals surface area contributed by atoms with Crippen LogP contribution in [-0.2, 0) is 10.3 Å². The summed E-state index contributed by atoms with van der Waals surface area (Å²) in [6, 6.07) is 2.30. The van der Waals surface area contributed by atoms with Crippen LogP contribution in [0.25, 0.3) is 0 Å². The number of hydrogen-bond donors (Lipinski definition) is 2. The molecule has 0 radical (unpaired) electrons. The fourth-order valence-electron chi connectivity index (χ4n) is 4.39. The summed E-state index contributed by atoms with van der Waals surface area (Å²) in [6.07, 6.45) is 3.79. The molecule has 3 N–H and O–H groups in total. The summed E-state index contributed by atoms with van der Waals surface area (Å²) in [5.74, 6) is 3.01. The highest BCUT2D eigenvalue weighted by Crippen LogP contribution is 2.66. The van der Waals surface area contributed by atoms with Crippen molar-refractivity contribution < 1.29 is 23.0 Å². The second-order valence-corrected chi connectivity index (χ2v) is 9.93. The maximum atomic E-state index is 15.0. The van der Waals surface area contributed by atoms with Gasteiger partial charge < -0.3 is 20.5 Å². The second-order valence-electron chi connectivity index (χ2n) is 8.49. The maximum absolute atomic E-state index is 15.0. The fourth-order valence-corrected chi connectivity index (χ4v) is 5.84. The van der Waals surface area contributed by atoms with Gasteiger partial charge in [0.1, 0.15) is 12.3 Å². The molecule has 0 spiro atoms. The number of hydrogen-bond acceptors (Lipinski definition) is 8. The monoisotopic (exact) mass is 501 g/mol. The summed E-state index contributed by atoms with van der Waals surface area (Å²) in [6.45, 7) is 4.22. The predicted molar refractivity (Wildman–Crippen MR) is 129 cm³/mol. The number of nitrogens with zero attached hydrogens (tertiary/aromatic N) is 3. The van der Waals surface area contributed by atoms with E-state index in [1.807, 2.05) is 0 Å². The van der Waals surface area contributed by atoms with E-state index < -0.39 is 23.1 Å². The zero-order valence-electron chi connectivity index (χ0n) is 19.5. The Labute approximate surface area is 206 Å².